The van der Waals surface area contributed by atoms with Gasteiger partial charge in [-0.15, -0.1) is 0 Å². The average molecular weight is 663 g/mol. The van der Waals surface area contributed by atoms with E-state index in [0.29, 0.717) is 12.2 Å². The van der Waals surface area contributed by atoms with Crippen molar-refractivity contribution in [3.8, 4) is 11.3 Å². The molecule has 4 rings (SSSR count). The van der Waals surface area contributed by atoms with E-state index in [2.05, 4.69) is 47.3 Å². The molecule has 0 radical (unpaired) electrons. The number of fused-ring (bicyclic) bond motifs is 1. The minimum absolute atomic E-state index is 0.107. The Bertz CT molecular complexity index is 1730. The molecule has 0 spiro atoms. The molecule has 1 amide bonds. The summed E-state index contributed by atoms with van der Waals surface area (Å²) in [6, 6.07) is 29.6. The largest absolute Gasteiger partial charge is 0.741 e. The number of aromatic nitrogens is 1. The van der Waals surface area contributed by atoms with Crippen molar-refractivity contribution >= 4 is 44.0 Å². The number of ether oxygens (including phenoxy) is 1. The highest BCUT2D eigenvalue weighted by Crippen LogP contribution is 2.28. The van der Waals surface area contributed by atoms with Gasteiger partial charge in [0, 0.05) is 34.8 Å². The number of nitrogens with zero attached hydrogens (tertiary/aromatic N) is 1. The van der Waals surface area contributed by atoms with Gasteiger partial charge in [0.2, 0.25) is 16.3 Å². The van der Waals surface area contributed by atoms with Crippen LogP contribution in [0.5, 0.6) is 0 Å². The van der Waals surface area contributed by atoms with Gasteiger partial charge in [-0.25, -0.2) is 13.2 Å². The fraction of sp³-hybridized carbons (Fsp3) is 0.281. The molecule has 0 aliphatic rings. The van der Waals surface area contributed by atoms with E-state index in [1.165, 1.54) is 11.8 Å². The molecule has 4 aromatic rings. The van der Waals surface area contributed by atoms with E-state index in [4.69, 9.17) is 17.7 Å². The van der Waals surface area contributed by atoms with Crippen molar-refractivity contribution in [2.45, 2.75) is 50.1 Å². The first-order valence-corrected chi connectivity index (χ1v) is 16.0. The molecule has 0 aliphatic heterocycles. The fourth-order valence-corrected chi connectivity index (χ4v) is 5.20. The molecule has 1 atom stereocenters. The van der Waals surface area contributed by atoms with Gasteiger partial charge in [0.05, 0.1) is 0 Å². The van der Waals surface area contributed by atoms with E-state index >= 15 is 0 Å². The van der Waals surface area contributed by atoms with Crippen LogP contribution in [0.3, 0.4) is 0 Å². The molecule has 0 fully saturated rings. The molecule has 0 unspecified atom stereocenters. The molecule has 0 bridgehead atoms. The molecule has 8 nitrogen and oxygen atoms in total. The number of alkyl halides is 3. The smallest absolute Gasteiger partial charge is 0.485 e. The van der Waals surface area contributed by atoms with Crippen molar-refractivity contribution in [3.63, 3.8) is 0 Å². The number of rotatable bonds is 7. The summed E-state index contributed by atoms with van der Waals surface area (Å²) in [5, 5.41) is 3.81. The number of thioether (sulfide) groups is 1. The standard InChI is InChI=1S/C31H32N2O3S.CHF3O3S/c1-31(2,3)36-30(35)32-26(19-22-13-7-5-8-14-22)29(34)37-21-25-20-24-17-11-12-18-27(24)33(4)28(25)23-15-9-6-10-16-23;2-1(3,4)8(5,6)7/h5-18,20,26H,19,21H2,1-4H3;(H,5,6,7)/t26-;/m1./s1. The van der Waals surface area contributed by atoms with Gasteiger partial charge < -0.3 is 14.6 Å². The second kappa shape index (κ2) is 14.9. The lowest BCUT2D eigenvalue weighted by atomic mass is 10.0. The van der Waals surface area contributed by atoms with Crippen molar-refractivity contribution in [1.82, 2.24) is 5.32 Å². The van der Waals surface area contributed by atoms with Gasteiger partial charge in [-0.2, -0.15) is 17.7 Å². The first-order chi connectivity index (χ1) is 21.0. The molecule has 3 aromatic carbocycles. The summed E-state index contributed by atoms with van der Waals surface area (Å²) in [6.07, 6.45) is -0.201. The number of pyridine rings is 1. The van der Waals surface area contributed by atoms with Crippen molar-refractivity contribution in [3.05, 3.63) is 102 Å². The van der Waals surface area contributed by atoms with Crippen LogP contribution in [0.1, 0.15) is 31.9 Å². The van der Waals surface area contributed by atoms with Gasteiger partial charge in [-0.1, -0.05) is 72.4 Å². The molecule has 1 N–H and O–H groups in total. The lowest BCUT2D eigenvalue weighted by Gasteiger charge is -2.23. The monoisotopic (exact) mass is 662 g/mol. The lowest BCUT2D eigenvalue weighted by molar-refractivity contribution is -0.633. The Kier molecular flexibility index (Phi) is 11.8. The van der Waals surface area contributed by atoms with E-state index in [1.807, 2.05) is 60.7 Å². The van der Waals surface area contributed by atoms with Gasteiger partial charge in [0.15, 0.2) is 10.1 Å². The predicted octanol–water partition coefficient (Wildman–Crippen LogP) is 6.28. The molecule has 0 saturated carbocycles. The summed E-state index contributed by atoms with van der Waals surface area (Å²) in [7, 11) is -4.03. The maximum atomic E-state index is 13.5. The first kappa shape index (κ1) is 35.5. The van der Waals surface area contributed by atoms with E-state index in [9.17, 15) is 22.8 Å². The van der Waals surface area contributed by atoms with Crippen LogP contribution in [-0.2, 0) is 38.9 Å². The van der Waals surface area contributed by atoms with E-state index in [-0.39, 0.29) is 5.12 Å². The zero-order valence-electron chi connectivity index (χ0n) is 25.0. The highest BCUT2D eigenvalue weighted by Gasteiger charge is 2.37. The van der Waals surface area contributed by atoms with Gasteiger partial charge in [-0.3, -0.25) is 4.79 Å². The van der Waals surface area contributed by atoms with Crippen LogP contribution in [-0.4, -0.2) is 41.3 Å². The number of halogens is 3. The van der Waals surface area contributed by atoms with Crippen molar-refractivity contribution < 1.29 is 45.0 Å². The minimum Gasteiger partial charge on any atom is -0.741 e. The Labute approximate surface area is 264 Å². The highest BCUT2D eigenvalue weighted by molar-refractivity contribution is 8.13. The molecule has 240 valence electrons. The quantitative estimate of drug-likeness (QED) is 0.141. The third kappa shape index (κ3) is 10.6. The van der Waals surface area contributed by atoms with Gasteiger partial charge >= 0.3 is 11.6 Å². The van der Waals surface area contributed by atoms with Gasteiger partial charge in [0.1, 0.15) is 18.7 Å². The van der Waals surface area contributed by atoms with Gasteiger partial charge in [-0.05, 0) is 50.6 Å². The number of hydrogen-bond donors (Lipinski definition) is 1. The minimum atomic E-state index is -6.09. The zero-order valence-corrected chi connectivity index (χ0v) is 26.6. The molecule has 0 saturated heterocycles. The molecular formula is C32H33F3N2O6S2. The molecule has 13 heteroatoms. The number of amides is 1. The Balaban J connectivity index is 0.000000610. The molecule has 0 aliphatic carbocycles. The Morgan fingerprint density at radius 2 is 1.47 bits per heavy atom. The number of alkyl carbamates (subject to hydrolysis) is 1. The fourth-order valence-electron chi connectivity index (χ4n) is 4.33. The summed E-state index contributed by atoms with van der Waals surface area (Å²) >= 11 is 1.22. The summed E-state index contributed by atoms with van der Waals surface area (Å²) in [6.45, 7) is 5.42. The number of benzene rings is 3. The van der Waals surface area contributed by atoms with Crippen LogP contribution >= 0.6 is 11.8 Å². The third-order valence-electron chi connectivity index (χ3n) is 6.23. The predicted molar refractivity (Wildman–Crippen MR) is 166 cm³/mol. The number of para-hydroxylation sites is 1. The number of hydrogen-bond acceptors (Lipinski definition) is 7. The second-order valence-electron chi connectivity index (χ2n) is 10.9. The SMILES string of the molecule is C[n+]1c(-c2ccccc2)c(CSC(=O)[C@@H](Cc2ccccc2)NC(=O)OC(C)(C)C)cc2ccccc21.O=S(=O)([O-])C(F)(F)F. The number of carbonyl (C=O) groups excluding carboxylic acids is 2. The molecular weight excluding hydrogens is 629 g/mol. The van der Waals surface area contributed by atoms with E-state index in [0.717, 1.165) is 33.3 Å². The zero-order chi connectivity index (χ0) is 33.4. The average Bonchev–Trinajstić information content (AvgIpc) is 2.95. The third-order valence-corrected chi connectivity index (χ3v) is 7.82. The molecule has 1 aromatic heterocycles. The molecule has 45 heavy (non-hydrogen) atoms. The van der Waals surface area contributed by atoms with Crippen molar-refractivity contribution in [2.75, 3.05) is 0 Å². The van der Waals surface area contributed by atoms with Crippen molar-refractivity contribution in [1.29, 1.82) is 0 Å². The summed E-state index contributed by atoms with van der Waals surface area (Å²) in [4.78, 5) is 26.1. The Hall–Kier alpha value is -3.94. The van der Waals surface area contributed by atoms with Crippen molar-refractivity contribution in [2.24, 2.45) is 7.05 Å². The Morgan fingerprint density at radius 3 is 2.02 bits per heavy atom. The van der Waals surface area contributed by atoms with Crippen LogP contribution in [0, 0.1) is 0 Å². The van der Waals surface area contributed by atoms with E-state index < -0.39 is 33.4 Å². The van der Waals surface area contributed by atoms with E-state index in [1.54, 1.807) is 20.8 Å². The summed E-state index contributed by atoms with van der Waals surface area (Å²) in [5.74, 6) is 0.475. The lowest BCUT2D eigenvalue weighted by Crippen LogP contribution is -2.44. The number of carbonyl (C=O) groups is 2. The second-order valence-corrected chi connectivity index (χ2v) is 13.2. The van der Waals surface area contributed by atoms with Gasteiger partial charge in [0.25, 0.3) is 0 Å². The number of aryl methyl sites for hydroxylation is 1. The maximum Gasteiger partial charge on any atom is 0.485 e. The first-order valence-electron chi connectivity index (χ1n) is 13.6. The Morgan fingerprint density at radius 1 is 0.933 bits per heavy atom. The van der Waals surface area contributed by atoms with Crippen LogP contribution in [0.4, 0.5) is 18.0 Å². The topological polar surface area (TPSA) is 116 Å². The summed E-state index contributed by atoms with van der Waals surface area (Å²) in [5.41, 5.74) is -0.989. The molecule has 1 heterocycles. The van der Waals surface area contributed by atoms with Crippen LogP contribution < -0.4 is 9.88 Å². The highest BCUT2D eigenvalue weighted by atomic mass is 32.2. The summed E-state index contributed by atoms with van der Waals surface area (Å²) < 4.78 is 66.5. The maximum absolute atomic E-state index is 13.5. The number of nitrogens with one attached hydrogen (secondary N) is 1. The normalized spacial score (nSPS) is 12.5. The van der Waals surface area contributed by atoms with Crippen LogP contribution in [0.15, 0.2) is 91.0 Å². The van der Waals surface area contributed by atoms with Crippen LogP contribution in [0.25, 0.3) is 22.2 Å². The van der Waals surface area contributed by atoms with Crippen LogP contribution in [0.2, 0.25) is 0 Å².